The Morgan fingerprint density at radius 3 is 2.62 bits per heavy atom. The van der Waals surface area contributed by atoms with Crippen LogP contribution in [-0.4, -0.2) is 67.9 Å². The first kappa shape index (κ1) is 24.8. The lowest BCUT2D eigenvalue weighted by molar-refractivity contribution is -0.898. The molecule has 1 aromatic heterocycles. The van der Waals surface area contributed by atoms with Gasteiger partial charge in [-0.05, 0) is 24.1 Å². The summed E-state index contributed by atoms with van der Waals surface area (Å²) in [6.07, 6.45) is 5.17. The molecule has 0 saturated carbocycles. The number of unbranched alkanes of at least 4 members (excludes halogenated alkanes) is 3. The first-order chi connectivity index (χ1) is 15.3. The van der Waals surface area contributed by atoms with Crippen molar-refractivity contribution in [3.8, 4) is 0 Å². The summed E-state index contributed by atoms with van der Waals surface area (Å²) in [5.41, 5.74) is 1.60. The van der Waals surface area contributed by atoms with Crippen molar-refractivity contribution in [1.29, 1.82) is 0 Å². The van der Waals surface area contributed by atoms with E-state index in [4.69, 9.17) is 0 Å². The van der Waals surface area contributed by atoms with Gasteiger partial charge in [0.1, 0.15) is 25.7 Å². The van der Waals surface area contributed by atoms with E-state index in [9.17, 15) is 12.8 Å². The van der Waals surface area contributed by atoms with Gasteiger partial charge in [-0.25, -0.2) is 4.39 Å². The smallest absolute Gasteiger partial charge is 0.313 e. The molecule has 0 amide bonds. The molecule has 1 aliphatic rings. The summed E-state index contributed by atoms with van der Waals surface area (Å²) in [5, 5.41) is 5.45. The number of nitrogens with zero attached hydrogens (tertiary/aromatic N) is 3. The zero-order valence-electron chi connectivity index (χ0n) is 19.4. The van der Waals surface area contributed by atoms with E-state index < -0.39 is 10.0 Å². The van der Waals surface area contributed by atoms with E-state index in [1.807, 2.05) is 35.3 Å². The van der Waals surface area contributed by atoms with Crippen molar-refractivity contribution in [1.82, 2.24) is 15.3 Å². The summed E-state index contributed by atoms with van der Waals surface area (Å²) in [6, 6.07) is 12.4. The average Bonchev–Trinajstić information content (AvgIpc) is 2.78. The second kappa shape index (κ2) is 10.8. The van der Waals surface area contributed by atoms with Gasteiger partial charge in [0.05, 0.1) is 18.3 Å². The highest BCUT2D eigenvalue weighted by molar-refractivity contribution is 7.85. The number of hydrogen-bond donors (Lipinski definition) is 1. The Hall–Kier alpha value is -1.87. The minimum Gasteiger partial charge on any atom is -0.313 e. The molecule has 176 valence electrons. The van der Waals surface area contributed by atoms with Gasteiger partial charge >= 0.3 is 10.0 Å². The number of benzene rings is 1. The summed E-state index contributed by atoms with van der Waals surface area (Å²) in [4.78, 5) is 4.49. The predicted octanol–water partition coefficient (Wildman–Crippen LogP) is 3.53. The van der Waals surface area contributed by atoms with Crippen LogP contribution in [0.2, 0.25) is 0 Å². The van der Waals surface area contributed by atoms with Crippen molar-refractivity contribution < 1.29 is 16.8 Å². The highest BCUT2D eigenvalue weighted by Crippen LogP contribution is 2.34. The lowest BCUT2D eigenvalue weighted by Gasteiger charge is -2.47. The van der Waals surface area contributed by atoms with Crippen LogP contribution in [0.4, 0.5) is 4.39 Å². The fourth-order valence-electron chi connectivity index (χ4n) is 4.54. The number of halogens is 1. The third-order valence-electron chi connectivity index (χ3n) is 6.41. The maximum atomic E-state index is 14.2. The highest BCUT2D eigenvalue weighted by atomic mass is 32.2. The van der Waals surface area contributed by atoms with E-state index in [0.717, 1.165) is 24.8 Å². The monoisotopic (exact) mass is 463 g/mol. The Morgan fingerprint density at radius 1 is 1.19 bits per heavy atom. The van der Waals surface area contributed by atoms with Crippen LogP contribution in [-0.2, 0) is 10.0 Å². The Labute approximate surface area is 192 Å². The van der Waals surface area contributed by atoms with Crippen LogP contribution < -0.4 is 5.32 Å². The van der Waals surface area contributed by atoms with Crippen molar-refractivity contribution in [3.63, 3.8) is 0 Å². The van der Waals surface area contributed by atoms with Gasteiger partial charge in [-0.15, -0.1) is 9.01 Å². The fourth-order valence-corrected chi connectivity index (χ4v) is 6.08. The molecule has 1 saturated heterocycles. The van der Waals surface area contributed by atoms with Gasteiger partial charge < -0.3 is 5.32 Å². The lowest BCUT2D eigenvalue weighted by atomic mass is 9.86. The molecule has 1 aromatic carbocycles. The Kier molecular flexibility index (Phi) is 8.38. The third kappa shape index (κ3) is 5.54. The summed E-state index contributed by atoms with van der Waals surface area (Å²) in [5.74, 6) is -0.457. The molecule has 8 heteroatoms. The standard InChI is InChI=1S/C24H36FN4O2S/c1-4-5-6-10-17-32(30,31)29(2,3)28-16-15-26-19-23(28)24(20-11-8-7-9-12-20)22-18-21(25)13-14-27-22/h7-9,11-14,18,23-24,26H,4-6,10,15-17,19H2,1-3H3/q+1. The van der Waals surface area contributed by atoms with Gasteiger partial charge in [-0.3, -0.25) is 4.98 Å². The van der Waals surface area contributed by atoms with Crippen LogP contribution in [0.3, 0.4) is 0 Å². The van der Waals surface area contributed by atoms with Crippen molar-refractivity contribution >= 4 is 10.0 Å². The van der Waals surface area contributed by atoms with Crippen LogP contribution >= 0.6 is 0 Å². The molecule has 32 heavy (non-hydrogen) atoms. The van der Waals surface area contributed by atoms with Crippen molar-refractivity contribution in [3.05, 3.63) is 65.7 Å². The molecule has 2 unspecified atom stereocenters. The minimum atomic E-state index is -3.44. The normalized spacial score (nSPS) is 19.1. The average molecular weight is 464 g/mol. The summed E-state index contributed by atoms with van der Waals surface area (Å²) < 4.78 is 40.8. The lowest BCUT2D eigenvalue weighted by Crippen LogP contribution is -2.68. The summed E-state index contributed by atoms with van der Waals surface area (Å²) >= 11 is 0. The number of piperazine rings is 1. The number of aromatic nitrogens is 1. The number of hydrogen-bond acceptors (Lipinski definition) is 5. The topological polar surface area (TPSA) is 62.3 Å². The zero-order chi connectivity index (χ0) is 23.2. The first-order valence-electron chi connectivity index (χ1n) is 11.5. The van der Waals surface area contributed by atoms with Crippen LogP contribution in [0.1, 0.15) is 49.8 Å². The third-order valence-corrected chi connectivity index (χ3v) is 8.79. The Bertz CT molecular complexity index is 969. The van der Waals surface area contributed by atoms with Crippen LogP contribution in [0.15, 0.2) is 48.7 Å². The summed E-state index contributed by atoms with van der Waals surface area (Å²) in [6.45, 7) is 3.97. The maximum Gasteiger partial charge on any atom is 0.314 e. The number of nitrogens with one attached hydrogen (secondary N) is 1. The predicted molar refractivity (Wildman–Crippen MR) is 126 cm³/mol. The van der Waals surface area contributed by atoms with Crippen LogP contribution in [0, 0.1) is 5.82 Å². The van der Waals surface area contributed by atoms with Crippen molar-refractivity contribution in [2.24, 2.45) is 0 Å². The largest absolute Gasteiger partial charge is 0.314 e. The van der Waals surface area contributed by atoms with E-state index in [1.54, 1.807) is 14.1 Å². The SMILES string of the molecule is CCCCCCS(=O)(=O)[N+](C)(C)N1CCNCC1C(c1ccccc1)c1cc(F)ccn1. The van der Waals surface area contributed by atoms with Crippen molar-refractivity contribution in [2.75, 3.05) is 39.5 Å². The van der Waals surface area contributed by atoms with Gasteiger partial charge in [-0.2, -0.15) is 8.42 Å². The number of pyridine rings is 1. The molecule has 0 aliphatic carbocycles. The molecule has 3 rings (SSSR count). The molecule has 1 N–H and O–H groups in total. The van der Waals surface area contributed by atoms with Gasteiger partial charge in [0.15, 0.2) is 0 Å². The molecule has 2 heterocycles. The van der Waals surface area contributed by atoms with E-state index >= 15 is 0 Å². The quantitative estimate of drug-likeness (QED) is 0.431. The van der Waals surface area contributed by atoms with E-state index in [0.29, 0.717) is 31.7 Å². The number of rotatable bonds is 10. The fraction of sp³-hybridized carbons (Fsp3) is 0.542. The van der Waals surface area contributed by atoms with Gasteiger partial charge in [0.2, 0.25) is 0 Å². The van der Waals surface area contributed by atoms with E-state index in [-0.39, 0.29) is 27.5 Å². The van der Waals surface area contributed by atoms with Crippen molar-refractivity contribution in [2.45, 2.75) is 44.6 Å². The van der Waals surface area contributed by atoms with Gasteiger partial charge in [0, 0.05) is 25.2 Å². The zero-order valence-corrected chi connectivity index (χ0v) is 20.2. The second-order valence-electron chi connectivity index (χ2n) is 8.86. The first-order valence-corrected chi connectivity index (χ1v) is 13.1. The van der Waals surface area contributed by atoms with Gasteiger partial charge in [-0.1, -0.05) is 56.5 Å². The molecule has 1 fully saturated rings. The molecule has 1 aliphatic heterocycles. The summed E-state index contributed by atoms with van der Waals surface area (Å²) in [7, 11) is 0.0792. The second-order valence-corrected chi connectivity index (χ2v) is 11.3. The molecular formula is C24H36FN4O2S+. The molecule has 0 radical (unpaired) electrons. The van der Waals surface area contributed by atoms with Gasteiger partial charge in [0.25, 0.3) is 0 Å². The maximum absolute atomic E-state index is 14.2. The molecule has 0 spiro atoms. The van der Waals surface area contributed by atoms with E-state index in [2.05, 4.69) is 17.2 Å². The minimum absolute atomic E-state index is 0.158. The Morgan fingerprint density at radius 2 is 1.94 bits per heavy atom. The molecule has 2 aromatic rings. The number of quaternary nitrogens is 1. The van der Waals surface area contributed by atoms with E-state index in [1.165, 1.54) is 18.3 Å². The number of sulfonamides is 1. The highest BCUT2D eigenvalue weighted by Gasteiger charge is 2.47. The molecule has 0 bridgehead atoms. The molecular weight excluding hydrogens is 427 g/mol. The van der Waals surface area contributed by atoms with Crippen LogP contribution in [0.25, 0.3) is 0 Å². The molecule has 6 nitrogen and oxygen atoms in total. The van der Waals surface area contributed by atoms with Crippen LogP contribution in [0.5, 0.6) is 0 Å². The Balaban J connectivity index is 1.98. The molecule has 2 atom stereocenters.